The largest absolute Gasteiger partial charge is 0.313 e. The van der Waals surface area contributed by atoms with Crippen molar-refractivity contribution >= 4 is 0 Å². The highest BCUT2D eigenvalue weighted by Gasteiger charge is 1.96. The number of nitrogens with one attached hydrogen (secondary N) is 2. The fraction of sp³-hybridized carbons (Fsp3) is 0.625. The van der Waals surface area contributed by atoms with Crippen molar-refractivity contribution in [1.29, 1.82) is 0 Å². The van der Waals surface area contributed by atoms with E-state index >= 15 is 0 Å². The van der Waals surface area contributed by atoms with Crippen LogP contribution in [0.4, 0.5) is 0 Å². The maximum Gasteiger partial charge on any atom is 0.0205 e. The molecule has 1 aromatic rings. The van der Waals surface area contributed by atoms with E-state index in [4.69, 9.17) is 0 Å². The second-order valence-corrected chi connectivity index (χ2v) is 4.88. The standard InChI is InChI=1S/C16H28N2/c1-3-5-10-17-13-15-8-7-9-16(12-15)14-18-11-6-4-2/h7-9,12,17-18H,3-6,10-11,13-14H2,1-2H3. The van der Waals surface area contributed by atoms with Gasteiger partial charge in [-0.2, -0.15) is 0 Å². The lowest BCUT2D eigenvalue weighted by molar-refractivity contribution is 0.633. The zero-order valence-corrected chi connectivity index (χ0v) is 12.0. The van der Waals surface area contributed by atoms with Crippen molar-refractivity contribution in [1.82, 2.24) is 10.6 Å². The smallest absolute Gasteiger partial charge is 0.0205 e. The molecule has 0 aliphatic rings. The number of hydrogen-bond acceptors (Lipinski definition) is 2. The fourth-order valence-electron chi connectivity index (χ4n) is 1.92. The average molecular weight is 248 g/mol. The molecule has 0 bridgehead atoms. The van der Waals surface area contributed by atoms with Crippen molar-refractivity contribution in [2.45, 2.75) is 52.6 Å². The summed E-state index contributed by atoms with van der Waals surface area (Å²) in [6.45, 7) is 8.67. The molecule has 0 aliphatic carbocycles. The Labute approximate surface area is 112 Å². The summed E-state index contributed by atoms with van der Waals surface area (Å²) in [4.78, 5) is 0. The van der Waals surface area contributed by atoms with Crippen LogP contribution in [0, 0.1) is 0 Å². The highest BCUT2D eigenvalue weighted by atomic mass is 14.9. The molecule has 102 valence electrons. The van der Waals surface area contributed by atoms with E-state index in [1.807, 2.05) is 0 Å². The van der Waals surface area contributed by atoms with E-state index in [2.05, 4.69) is 48.7 Å². The molecule has 0 saturated carbocycles. The second kappa shape index (κ2) is 10.1. The van der Waals surface area contributed by atoms with Gasteiger partial charge in [-0.3, -0.25) is 0 Å². The Hall–Kier alpha value is -0.860. The molecule has 0 spiro atoms. The number of hydrogen-bond donors (Lipinski definition) is 2. The van der Waals surface area contributed by atoms with Crippen molar-refractivity contribution in [2.75, 3.05) is 13.1 Å². The molecule has 1 aromatic carbocycles. The van der Waals surface area contributed by atoms with E-state index in [9.17, 15) is 0 Å². The summed E-state index contributed by atoms with van der Waals surface area (Å²) >= 11 is 0. The van der Waals surface area contributed by atoms with E-state index in [0.717, 1.165) is 26.2 Å². The molecule has 0 aliphatic heterocycles. The van der Waals surface area contributed by atoms with E-state index in [1.54, 1.807) is 0 Å². The Balaban J connectivity index is 2.27. The van der Waals surface area contributed by atoms with Gasteiger partial charge in [0.05, 0.1) is 0 Å². The van der Waals surface area contributed by atoms with Crippen molar-refractivity contribution < 1.29 is 0 Å². The van der Waals surface area contributed by atoms with Gasteiger partial charge in [-0.1, -0.05) is 51.0 Å². The Morgan fingerprint density at radius 1 is 0.833 bits per heavy atom. The molecule has 0 aromatic heterocycles. The van der Waals surface area contributed by atoms with E-state index in [1.165, 1.54) is 36.8 Å². The van der Waals surface area contributed by atoms with Gasteiger partial charge >= 0.3 is 0 Å². The van der Waals surface area contributed by atoms with Crippen molar-refractivity contribution in [3.05, 3.63) is 35.4 Å². The zero-order valence-electron chi connectivity index (χ0n) is 12.0. The summed E-state index contributed by atoms with van der Waals surface area (Å²) in [7, 11) is 0. The van der Waals surface area contributed by atoms with Gasteiger partial charge in [0, 0.05) is 13.1 Å². The minimum Gasteiger partial charge on any atom is -0.313 e. The lowest BCUT2D eigenvalue weighted by atomic mass is 10.1. The van der Waals surface area contributed by atoms with Gasteiger partial charge in [0.1, 0.15) is 0 Å². The zero-order chi connectivity index (χ0) is 13.1. The Bertz CT molecular complexity index is 282. The highest BCUT2D eigenvalue weighted by molar-refractivity contribution is 5.23. The first-order chi connectivity index (χ1) is 8.86. The third-order valence-electron chi connectivity index (χ3n) is 3.06. The van der Waals surface area contributed by atoms with Crippen LogP contribution in [-0.4, -0.2) is 13.1 Å². The Kier molecular flexibility index (Phi) is 8.53. The summed E-state index contributed by atoms with van der Waals surface area (Å²) in [5.74, 6) is 0. The van der Waals surface area contributed by atoms with Gasteiger partial charge in [0.25, 0.3) is 0 Å². The van der Waals surface area contributed by atoms with E-state index in [0.29, 0.717) is 0 Å². The first kappa shape index (κ1) is 15.2. The summed E-state index contributed by atoms with van der Waals surface area (Å²) in [6.07, 6.45) is 5.04. The minimum absolute atomic E-state index is 0.989. The van der Waals surface area contributed by atoms with Gasteiger partial charge in [-0.25, -0.2) is 0 Å². The van der Waals surface area contributed by atoms with Crippen LogP contribution in [-0.2, 0) is 13.1 Å². The third kappa shape index (κ3) is 6.77. The molecule has 18 heavy (non-hydrogen) atoms. The van der Waals surface area contributed by atoms with Gasteiger partial charge in [0.2, 0.25) is 0 Å². The summed E-state index contributed by atoms with van der Waals surface area (Å²) in [5.41, 5.74) is 2.78. The molecular formula is C16H28N2. The van der Waals surface area contributed by atoms with Gasteiger partial charge in [-0.15, -0.1) is 0 Å². The van der Waals surface area contributed by atoms with E-state index in [-0.39, 0.29) is 0 Å². The molecule has 2 N–H and O–H groups in total. The molecule has 0 unspecified atom stereocenters. The molecule has 2 nitrogen and oxygen atoms in total. The van der Waals surface area contributed by atoms with Crippen LogP contribution in [0.3, 0.4) is 0 Å². The third-order valence-corrected chi connectivity index (χ3v) is 3.06. The SMILES string of the molecule is CCCCNCc1cccc(CNCCCC)c1. The molecule has 2 heteroatoms. The fourth-order valence-corrected chi connectivity index (χ4v) is 1.92. The van der Waals surface area contributed by atoms with Gasteiger partial charge < -0.3 is 10.6 Å². The first-order valence-corrected chi connectivity index (χ1v) is 7.36. The minimum atomic E-state index is 0.989. The van der Waals surface area contributed by atoms with Crippen LogP contribution < -0.4 is 10.6 Å². The van der Waals surface area contributed by atoms with Gasteiger partial charge in [-0.05, 0) is 37.1 Å². The van der Waals surface area contributed by atoms with Crippen LogP contribution in [0.15, 0.2) is 24.3 Å². The highest BCUT2D eigenvalue weighted by Crippen LogP contribution is 2.05. The van der Waals surface area contributed by atoms with E-state index < -0.39 is 0 Å². The van der Waals surface area contributed by atoms with Gasteiger partial charge in [0.15, 0.2) is 0 Å². The summed E-state index contributed by atoms with van der Waals surface area (Å²) in [5, 5.41) is 6.97. The van der Waals surface area contributed by atoms with Crippen LogP contribution in [0.1, 0.15) is 50.7 Å². The second-order valence-electron chi connectivity index (χ2n) is 4.88. The maximum atomic E-state index is 3.49. The topological polar surface area (TPSA) is 24.1 Å². The predicted molar refractivity (Wildman–Crippen MR) is 79.7 cm³/mol. The van der Waals surface area contributed by atoms with Crippen LogP contribution >= 0.6 is 0 Å². The monoisotopic (exact) mass is 248 g/mol. The number of benzene rings is 1. The lowest BCUT2D eigenvalue weighted by Crippen LogP contribution is -2.16. The van der Waals surface area contributed by atoms with Crippen LogP contribution in [0.2, 0.25) is 0 Å². The predicted octanol–water partition coefficient (Wildman–Crippen LogP) is 3.47. The molecule has 0 saturated heterocycles. The van der Waals surface area contributed by atoms with Crippen molar-refractivity contribution in [2.24, 2.45) is 0 Å². The molecule has 0 radical (unpaired) electrons. The summed E-state index contributed by atoms with van der Waals surface area (Å²) < 4.78 is 0. The number of unbranched alkanes of at least 4 members (excludes halogenated alkanes) is 2. The average Bonchev–Trinajstić information content (AvgIpc) is 2.40. The van der Waals surface area contributed by atoms with Crippen molar-refractivity contribution in [3.8, 4) is 0 Å². The molecular weight excluding hydrogens is 220 g/mol. The maximum absolute atomic E-state index is 3.49. The molecule has 0 fully saturated rings. The molecule has 0 amide bonds. The lowest BCUT2D eigenvalue weighted by Gasteiger charge is -2.08. The normalized spacial score (nSPS) is 10.8. The molecule has 0 heterocycles. The van der Waals surface area contributed by atoms with Crippen LogP contribution in [0.25, 0.3) is 0 Å². The first-order valence-electron chi connectivity index (χ1n) is 7.36. The Morgan fingerprint density at radius 2 is 1.33 bits per heavy atom. The number of rotatable bonds is 10. The quantitative estimate of drug-likeness (QED) is 0.620. The van der Waals surface area contributed by atoms with Crippen molar-refractivity contribution in [3.63, 3.8) is 0 Å². The molecule has 1 rings (SSSR count). The molecule has 0 atom stereocenters. The summed E-state index contributed by atoms with van der Waals surface area (Å²) in [6, 6.07) is 8.87. The van der Waals surface area contributed by atoms with Crippen LogP contribution in [0.5, 0.6) is 0 Å². The Morgan fingerprint density at radius 3 is 1.78 bits per heavy atom.